The summed E-state index contributed by atoms with van der Waals surface area (Å²) in [5.74, 6) is 0.887. The van der Waals surface area contributed by atoms with Crippen LogP contribution in [0, 0.1) is 22.0 Å². The Balaban J connectivity index is 1.33. The Labute approximate surface area is 237 Å². The maximum atomic E-state index is 13.3. The summed E-state index contributed by atoms with van der Waals surface area (Å²) >= 11 is 0. The third-order valence-electron chi connectivity index (χ3n) is 9.82. The Morgan fingerprint density at radius 1 is 1.25 bits per heavy atom. The van der Waals surface area contributed by atoms with Gasteiger partial charge in [0.05, 0.1) is 37.5 Å². The fraction of sp³-hybridized carbons (Fsp3) is 0.581. The van der Waals surface area contributed by atoms with Crippen LogP contribution in [0.3, 0.4) is 0 Å². The molecule has 0 N–H and O–H groups in total. The van der Waals surface area contributed by atoms with Gasteiger partial charge in [0, 0.05) is 30.9 Å². The van der Waals surface area contributed by atoms with Crippen molar-refractivity contribution in [2.24, 2.45) is 5.41 Å². The minimum atomic E-state index is -0.538. The van der Waals surface area contributed by atoms with Gasteiger partial charge in [0.2, 0.25) is 0 Å². The molecular weight excluding hydrogens is 502 g/mol. The number of rotatable bonds is 6. The monoisotopic (exact) mass is 543 g/mol. The summed E-state index contributed by atoms with van der Waals surface area (Å²) < 4.78 is 5.77. The van der Waals surface area contributed by atoms with E-state index in [0.29, 0.717) is 38.3 Å². The predicted octanol–water partition coefficient (Wildman–Crippen LogP) is 3.68. The molecule has 0 bridgehead atoms. The molecule has 2 saturated heterocycles. The molecule has 9 heteroatoms. The van der Waals surface area contributed by atoms with Crippen molar-refractivity contribution in [3.8, 4) is 12.1 Å². The number of likely N-dealkylation sites (tertiary alicyclic amines) is 1. The number of benzene rings is 1. The van der Waals surface area contributed by atoms with Crippen LogP contribution in [-0.2, 0) is 19.3 Å². The van der Waals surface area contributed by atoms with E-state index in [9.17, 15) is 10.5 Å². The largest absolute Gasteiger partial charge is 0.627 e. The summed E-state index contributed by atoms with van der Waals surface area (Å²) in [4.78, 5) is 17.0. The molecule has 1 aromatic heterocycles. The Morgan fingerprint density at radius 2 is 2.10 bits per heavy atom. The number of quaternary nitrogens is 1. The van der Waals surface area contributed by atoms with Crippen molar-refractivity contribution in [1.82, 2.24) is 14.9 Å². The molecular formula is C31H41N7O2. The van der Waals surface area contributed by atoms with Crippen LogP contribution >= 0.6 is 0 Å². The van der Waals surface area contributed by atoms with E-state index in [-0.39, 0.29) is 11.8 Å². The van der Waals surface area contributed by atoms with Crippen molar-refractivity contribution in [3.63, 3.8) is 0 Å². The van der Waals surface area contributed by atoms with Crippen LogP contribution in [0.25, 0.3) is 0 Å². The maximum absolute atomic E-state index is 13.3. The molecule has 1 aliphatic carbocycles. The molecule has 3 aliphatic heterocycles. The fourth-order valence-corrected chi connectivity index (χ4v) is 7.49. The lowest BCUT2D eigenvalue weighted by Crippen LogP contribution is -2.60. The number of nitrogens with zero attached hydrogens (tertiary/aromatic N) is 7. The van der Waals surface area contributed by atoms with Gasteiger partial charge >= 0.3 is 6.01 Å². The van der Waals surface area contributed by atoms with E-state index >= 15 is 0 Å². The van der Waals surface area contributed by atoms with Gasteiger partial charge in [-0.15, -0.1) is 0 Å². The van der Waals surface area contributed by atoms with E-state index in [4.69, 9.17) is 14.7 Å². The van der Waals surface area contributed by atoms with Crippen molar-refractivity contribution in [1.29, 1.82) is 5.26 Å². The second-order valence-electron chi connectivity index (χ2n) is 12.4. The number of hydroxylamine groups is 3. The number of nitriles is 1. The van der Waals surface area contributed by atoms with Crippen LogP contribution < -0.4 is 14.5 Å². The number of hydrogen-bond acceptors (Lipinski definition) is 8. The third-order valence-corrected chi connectivity index (χ3v) is 9.82. The highest BCUT2D eigenvalue weighted by Crippen LogP contribution is 2.46. The van der Waals surface area contributed by atoms with Crippen molar-refractivity contribution in [2.45, 2.75) is 57.0 Å². The predicted molar refractivity (Wildman–Crippen MR) is 156 cm³/mol. The van der Waals surface area contributed by atoms with Gasteiger partial charge in [-0.05, 0) is 75.7 Å². The highest BCUT2D eigenvalue weighted by Gasteiger charge is 2.43. The lowest BCUT2D eigenvalue weighted by atomic mass is 9.67. The van der Waals surface area contributed by atoms with Crippen molar-refractivity contribution in [2.75, 3.05) is 63.2 Å². The Morgan fingerprint density at radius 3 is 2.88 bits per heavy atom. The summed E-state index contributed by atoms with van der Waals surface area (Å²) in [6, 6.07) is 11.4. The van der Waals surface area contributed by atoms with Gasteiger partial charge in [-0.1, -0.05) is 18.2 Å². The lowest BCUT2D eigenvalue weighted by molar-refractivity contribution is -0.856. The number of fused-ring (bicyclic) bond motifs is 2. The molecule has 0 saturated carbocycles. The standard InChI is InChI=1S/C31H41N7O2/c1-4-38(39)17-16-37(20-25(38)12-14-32)29-26-11-13-31(18-23-8-5-6-10-28(23)36(3)22-31)19-27(26)33-30(34-29)40-21-24-9-7-15-35(24)2/h4-6,8,10,24-25H,1,7,9,11-13,15-22H2,2-3H3/t24-,25-,31+,38?/m0/s1. The molecule has 40 heavy (non-hydrogen) atoms. The number of piperazine rings is 1. The van der Waals surface area contributed by atoms with Gasteiger partial charge in [-0.25, -0.2) is 0 Å². The quantitative estimate of drug-likeness (QED) is 0.403. The lowest BCUT2D eigenvalue weighted by Gasteiger charge is -2.51. The van der Waals surface area contributed by atoms with E-state index in [1.807, 2.05) is 0 Å². The average molecular weight is 544 g/mol. The van der Waals surface area contributed by atoms with Gasteiger partial charge in [0.1, 0.15) is 25.0 Å². The number of anilines is 2. The number of para-hydroxylation sites is 1. The van der Waals surface area contributed by atoms with Gasteiger partial charge in [-0.3, -0.25) is 0 Å². The van der Waals surface area contributed by atoms with Crippen LogP contribution in [0.5, 0.6) is 6.01 Å². The van der Waals surface area contributed by atoms with Crippen molar-refractivity contribution in [3.05, 3.63) is 59.1 Å². The molecule has 4 atom stereocenters. The molecule has 1 spiro atoms. The van der Waals surface area contributed by atoms with E-state index in [2.05, 4.69) is 65.7 Å². The van der Waals surface area contributed by atoms with Crippen molar-refractivity contribution < 1.29 is 9.38 Å². The molecule has 0 amide bonds. The first-order chi connectivity index (χ1) is 19.3. The molecule has 2 fully saturated rings. The smallest absolute Gasteiger partial charge is 0.318 e. The molecule has 9 nitrogen and oxygen atoms in total. The number of aromatic nitrogens is 2. The Kier molecular flexibility index (Phi) is 7.19. The van der Waals surface area contributed by atoms with Gasteiger partial charge in [0.15, 0.2) is 0 Å². The molecule has 1 aromatic carbocycles. The molecule has 1 unspecified atom stereocenters. The highest BCUT2D eigenvalue weighted by molar-refractivity contribution is 5.57. The second kappa shape index (κ2) is 10.7. The number of likely N-dealkylation sites (N-methyl/N-ethyl adjacent to an activating group) is 1. The zero-order chi connectivity index (χ0) is 27.9. The first kappa shape index (κ1) is 27.0. The minimum Gasteiger partial charge on any atom is -0.627 e. The first-order valence-corrected chi connectivity index (χ1v) is 14.7. The molecule has 4 heterocycles. The minimum absolute atomic E-state index is 0.111. The van der Waals surface area contributed by atoms with E-state index in [1.165, 1.54) is 29.4 Å². The number of ether oxygens (including phenoxy) is 1. The normalized spacial score (nSPS) is 30.1. The summed E-state index contributed by atoms with van der Waals surface area (Å²) in [5.41, 5.74) is 5.09. The van der Waals surface area contributed by atoms with Gasteiger partial charge in [0.25, 0.3) is 0 Å². The molecule has 0 radical (unpaired) electrons. The molecule has 6 rings (SSSR count). The molecule has 2 aromatic rings. The zero-order valence-electron chi connectivity index (χ0n) is 23.9. The van der Waals surface area contributed by atoms with E-state index in [1.54, 1.807) is 0 Å². The second-order valence-corrected chi connectivity index (χ2v) is 12.4. The first-order valence-electron chi connectivity index (χ1n) is 14.7. The summed E-state index contributed by atoms with van der Waals surface area (Å²) in [7, 11) is 4.35. The zero-order valence-corrected chi connectivity index (χ0v) is 23.9. The maximum Gasteiger partial charge on any atom is 0.318 e. The third kappa shape index (κ3) is 4.93. The average Bonchev–Trinajstić information content (AvgIpc) is 3.37. The highest BCUT2D eigenvalue weighted by atomic mass is 16.5. The molecule has 212 valence electrons. The van der Waals surface area contributed by atoms with Gasteiger partial charge < -0.3 is 29.3 Å². The Bertz CT molecular complexity index is 1310. The van der Waals surface area contributed by atoms with Gasteiger partial charge in [-0.2, -0.15) is 15.2 Å². The summed E-state index contributed by atoms with van der Waals surface area (Å²) in [6.45, 7) is 7.83. The Hall–Kier alpha value is -3.19. The van der Waals surface area contributed by atoms with Crippen LogP contribution in [0.4, 0.5) is 11.5 Å². The van der Waals surface area contributed by atoms with E-state index in [0.717, 1.165) is 56.7 Å². The van der Waals surface area contributed by atoms with Crippen LogP contribution in [0.2, 0.25) is 0 Å². The number of hydrogen-bond donors (Lipinski definition) is 0. The van der Waals surface area contributed by atoms with Crippen LogP contribution in [0.15, 0.2) is 37.0 Å². The van der Waals surface area contributed by atoms with E-state index < -0.39 is 10.7 Å². The van der Waals surface area contributed by atoms with Crippen LogP contribution in [0.1, 0.15) is 42.5 Å². The SMILES string of the molecule is C=C[N+]1([O-])CCN(c2nc(OC[C@@H]3CCCN3C)nc3c2CC[C@@]2(Cc4ccccc4N(C)C2)C3)C[C@@H]1CC#N. The van der Waals surface area contributed by atoms with Crippen molar-refractivity contribution >= 4 is 11.5 Å². The summed E-state index contributed by atoms with van der Waals surface area (Å²) in [5, 5.41) is 22.8. The fourth-order valence-electron chi connectivity index (χ4n) is 7.49. The molecule has 4 aliphatic rings. The van der Waals surface area contributed by atoms with Crippen LogP contribution in [-0.4, -0.2) is 85.0 Å². The summed E-state index contributed by atoms with van der Waals surface area (Å²) in [6.07, 6.45) is 7.81. The topological polar surface area (TPSA) is 91.6 Å².